The van der Waals surface area contributed by atoms with E-state index in [0.29, 0.717) is 6.07 Å². The number of carbonyl (C=O) groups is 1. The maximum absolute atomic E-state index is 15.0. The molecule has 0 spiro atoms. The molecule has 0 radical (unpaired) electrons. The van der Waals surface area contributed by atoms with Crippen LogP contribution in [0.3, 0.4) is 0 Å². The molecule has 186 valence electrons. The highest BCUT2D eigenvalue weighted by Crippen LogP contribution is 2.40. The van der Waals surface area contributed by atoms with Crippen molar-refractivity contribution >= 4 is 28.9 Å². The molecule has 2 fully saturated rings. The molecule has 1 aromatic carbocycles. The van der Waals surface area contributed by atoms with Gasteiger partial charge in [-0.15, -0.1) is 0 Å². The summed E-state index contributed by atoms with van der Waals surface area (Å²) in [6.07, 6.45) is -3.64. The number of thiocarbonyl (C=S) groups is 1. The first kappa shape index (κ1) is 25.1. The van der Waals surface area contributed by atoms with Gasteiger partial charge in [-0.25, -0.2) is 4.39 Å². The van der Waals surface area contributed by atoms with Crippen LogP contribution in [0.2, 0.25) is 0 Å². The van der Waals surface area contributed by atoms with Crippen molar-refractivity contribution in [1.82, 2.24) is 4.90 Å². The van der Waals surface area contributed by atoms with Crippen LogP contribution < -0.4 is 4.90 Å². The Balaban J connectivity index is 1.61. The first-order valence-electron chi connectivity index (χ1n) is 10.6. The first-order chi connectivity index (χ1) is 16.4. The van der Waals surface area contributed by atoms with Crippen LogP contribution in [0.4, 0.5) is 23.2 Å². The number of ether oxygens (including phenoxy) is 2. The SMILES string of the molecule is CC1(C)C(=O)N(c2ccc(C#N)c(C(F)(F)F)c2)C(=S)N1C1C=CC(OC2COC[C@@H]2O)=C(F)C1. The molecule has 2 aliphatic heterocycles. The fraction of sp³-hybridized carbons (Fsp3) is 0.435. The van der Waals surface area contributed by atoms with E-state index in [0.717, 1.165) is 11.0 Å². The van der Waals surface area contributed by atoms with Gasteiger partial charge in [-0.2, -0.15) is 18.4 Å². The second-order valence-corrected chi connectivity index (χ2v) is 9.22. The van der Waals surface area contributed by atoms with E-state index in [1.807, 2.05) is 0 Å². The van der Waals surface area contributed by atoms with E-state index in [-0.39, 0.29) is 36.2 Å². The van der Waals surface area contributed by atoms with Gasteiger partial charge in [0.15, 0.2) is 17.0 Å². The smallest absolute Gasteiger partial charge is 0.417 e. The number of hydrogen-bond acceptors (Lipinski definition) is 6. The van der Waals surface area contributed by atoms with Crippen LogP contribution in [-0.2, 0) is 20.4 Å². The highest BCUT2D eigenvalue weighted by atomic mass is 32.1. The van der Waals surface area contributed by atoms with Crippen LogP contribution >= 0.6 is 12.2 Å². The Hall–Kier alpha value is -3.01. The fourth-order valence-corrected chi connectivity index (χ4v) is 4.87. The number of nitriles is 1. The minimum absolute atomic E-state index is 0.0659. The van der Waals surface area contributed by atoms with Crippen molar-refractivity contribution in [3.05, 3.63) is 53.1 Å². The van der Waals surface area contributed by atoms with Gasteiger partial charge in [0.05, 0.1) is 42.1 Å². The Morgan fingerprint density at radius 3 is 2.60 bits per heavy atom. The zero-order valence-electron chi connectivity index (χ0n) is 18.7. The van der Waals surface area contributed by atoms with Gasteiger partial charge in [-0.05, 0) is 50.3 Å². The van der Waals surface area contributed by atoms with Crippen molar-refractivity contribution in [1.29, 1.82) is 5.26 Å². The van der Waals surface area contributed by atoms with Crippen molar-refractivity contribution < 1.29 is 36.9 Å². The molecule has 4 rings (SSSR count). The second kappa shape index (κ2) is 8.89. The summed E-state index contributed by atoms with van der Waals surface area (Å²) in [4.78, 5) is 15.7. The standard InChI is InChI=1S/C23H21F4N3O4S/c1-22(2)20(32)29(13-4-3-12(9-28)15(7-13)23(25,26)27)21(35)30(22)14-5-6-18(16(24)8-14)34-19-11-33-10-17(19)31/h3-7,14,17,19,31H,8,10-11H2,1-2H3/t14?,17-,19?/m0/s1. The lowest BCUT2D eigenvalue weighted by molar-refractivity contribution is -0.137. The van der Waals surface area contributed by atoms with Crippen molar-refractivity contribution in [2.45, 2.75) is 50.2 Å². The van der Waals surface area contributed by atoms with Crippen LogP contribution in [0.15, 0.2) is 41.9 Å². The van der Waals surface area contributed by atoms with E-state index in [4.69, 9.17) is 27.0 Å². The second-order valence-electron chi connectivity index (χ2n) is 8.85. The predicted octanol–water partition coefficient (Wildman–Crippen LogP) is 3.58. The Labute approximate surface area is 203 Å². The third-order valence-electron chi connectivity index (χ3n) is 6.15. The summed E-state index contributed by atoms with van der Waals surface area (Å²) in [5, 5.41) is 18.8. The van der Waals surface area contributed by atoms with Crippen LogP contribution in [0, 0.1) is 11.3 Å². The topological polar surface area (TPSA) is 86.0 Å². The third kappa shape index (κ3) is 4.39. The normalized spacial score (nSPS) is 26.5. The van der Waals surface area contributed by atoms with E-state index in [9.17, 15) is 27.5 Å². The summed E-state index contributed by atoms with van der Waals surface area (Å²) < 4.78 is 66.0. The van der Waals surface area contributed by atoms with Crippen molar-refractivity contribution in [2.75, 3.05) is 18.1 Å². The number of aliphatic hydroxyl groups excluding tert-OH is 1. The number of anilines is 1. The molecule has 3 atom stereocenters. The molecule has 1 aromatic rings. The minimum Gasteiger partial charge on any atom is -0.483 e. The zero-order chi connectivity index (χ0) is 25.7. The average molecular weight is 511 g/mol. The van der Waals surface area contributed by atoms with Gasteiger partial charge in [-0.1, -0.05) is 6.08 Å². The van der Waals surface area contributed by atoms with Gasteiger partial charge in [0.25, 0.3) is 5.91 Å². The number of amides is 1. The molecule has 0 saturated carbocycles. The summed E-state index contributed by atoms with van der Waals surface area (Å²) >= 11 is 5.48. The molecular weight excluding hydrogens is 490 g/mol. The molecule has 7 nitrogen and oxygen atoms in total. The highest BCUT2D eigenvalue weighted by Gasteiger charge is 2.52. The quantitative estimate of drug-likeness (QED) is 0.489. The monoisotopic (exact) mass is 511 g/mol. The van der Waals surface area contributed by atoms with Gasteiger partial charge in [-0.3, -0.25) is 9.69 Å². The Morgan fingerprint density at radius 1 is 1.31 bits per heavy atom. The number of aliphatic hydroxyl groups is 1. The Bertz CT molecular complexity index is 1170. The molecule has 2 saturated heterocycles. The largest absolute Gasteiger partial charge is 0.483 e. The molecule has 0 bridgehead atoms. The predicted molar refractivity (Wildman–Crippen MR) is 120 cm³/mol. The molecule has 2 heterocycles. The lowest BCUT2D eigenvalue weighted by Crippen LogP contribution is -2.49. The minimum atomic E-state index is -4.81. The number of benzene rings is 1. The molecule has 12 heteroatoms. The van der Waals surface area contributed by atoms with E-state index in [2.05, 4.69) is 0 Å². The van der Waals surface area contributed by atoms with Crippen molar-refractivity contribution in [3.63, 3.8) is 0 Å². The van der Waals surface area contributed by atoms with Crippen LogP contribution in [0.5, 0.6) is 0 Å². The first-order valence-corrected chi connectivity index (χ1v) is 11.1. The van der Waals surface area contributed by atoms with E-state index in [1.54, 1.807) is 19.9 Å². The van der Waals surface area contributed by atoms with Crippen LogP contribution in [-0.4, -0.2) is 58.0 Å². The molecule has 2 unspecified atom stereocenters. The molecular formula is C23H21F4N3O4S. The maximum Gasteiger partial charge on any atom is 0.417 e. The summed E-state index contributed by atoms with van der Waals surface area (Å²) in [6, 6.07) is 3.69. The molecule has 3 aliphatic rings. The lowest BCUT2D eigenvalue weighted by atomic mass is 9.97. The molecule has 1 N–H and O–H groups in total. The van der Waals surface area contributed by atoms with Gasteiger partial charge >= 0.3 is 6.18 Å². The van der Waals surface area contributed by atoms with Gasteiger partial charge in [0.1, 0.15) is 17.5 Å². The van der Waals surface area contributed by atoms with Crippen molar-refractivity contribution in [3.8, 4) is 6.07 Å². The fourth-order valence-electron chi connectivity index (χ4n) is 4.32. The number of allylic oxidation sites excluding steroid dienone is 1. The van der Waals surface area contributed by atoms with E-state index in [1.165, 1.54) is 23.1 Å². The Kier molecular flexibility index (Phi) is 6.37. The summed E-state index contributed by atoms with van der Waals surface area (Å²) in [5.74, 6) is -1.28. The van der Waals surface area contributed by atoms with Crippen LogP contribution in [0.1, 0.15) is 31.4 Å². The summed E-state index contributed by atoms with van der Waals surface area (Å²) in [7, 11) is 0. The third-order valence-corrected chi connectivity index (χ3v) is 6.53. The number of halogens is 4. The number of rotatable bonds is 4. The zero-order valence-corrected chi connectivity index (χ0v) is 19.5. The molecule has 1 amide bonds. The van der Waals surface area contributed by atoms with Crippen molar-refractivity contribution in [2.24, 2.45) is 0 Å². The number of alkyl halides is 3. The average Bonchev–Trinajstić information content (AvgIpc) is 3.26. The van der Waals surface area contributed by atoms with Gasteiger partial charge in [0, 0.05) is 6.42 Å². The molecule has 1 aliphatic carbocycles. The summed E-state index contributed by atoms with van der Waals surface area (Å²) in [6.45, 7) is 3.30. The Morgan fingerprint density at radius 2 is 2.03 bits per heavy atom. The number of hydrogen-bond donors (Lipinski definition) is 1. The highest BCUT2D eigenvalue weighted by molar-refractivity contribution is 7.80. The molecule has 0 aromatic heterocycles. The lowest BCUT2D eigenvalue weighted by Gasteiger charge is -2.36. The van der Waals surface area contributed by atoms with Gasteiger partial charge in [0.2, 0.25) is 0 Å². The summed E-state index contributed by atoms with van der Waals surface area (Å²) in [5.41, 5.74) is -3.21. The molecule has 35 heavy (non-hydrogen) atoms. The van der Waals surface area contributed by atoms with Crippen LogP contribution in [0.25, 0.3) is 0 Å². The van der Waals surface area contributed by atoms with E-state index >= 15 is 0 Å². The maximum atomic E-state index is 15.0. The number of carbonyl (C=O) groups excluding carboxylic acids is 1. The van der Waals surface area contributed by atoms with Gasteiger partial charge < -0.3 is 19.5 Å². The number of nitrogens with zero attached hydrogens (tertiary/aromatic N) is 3. The van der Waals surface area contributed by atoms with E-state index < -0.39 is 52.8 Å².